The van der Waals surface area contributed by atoms with Crippen LogP contribution in [0, 0.1) is 17.0 Å². The Morgan fingerprint density at radius 1 is 1.50 bits per heavy atom. The first-order valence-corrected chi connectivity index (χ1v) is 5.39. The Balaban J connectivity index is 2.11. The molecule has 0 aliphatic heterocycles. The van der Waals surface area contributed by atoms with E-state index in [0.29, 0.717) is 6.54 Å². The molecule has 0 amide bonds. The summed E-state index contributed by atoms with van der Waals surface area (Å²) in [4.78, 5) is 14.3. The van der Waals surface area contributed by atoms with Gasteiger partial charge in [-0.05, 0) is 18.6 Å². The minimum absolute atomic E-state index is 0.0942. The molecule has 0 atom stereocenters. The number of rotatable bonds is 4. The van der Waals surface area contributed by atoms with Crippen molar-refractivity contribution in [2.75, 3.05) is 5.32 Å². The van der Waals surface area contributed by atoms with E-state index in [4.69, 9.17) is 0 Å². The van der Waals surface area contributed by atoms with E-state index in [1.807, 2.05) is 14.0 Å². The molecule has 0 unspecified atom stereocenters. The highest BCUT2D eigenvalue weighted by Crippen LogP contribution is 2.21. The quantitative estimate of drug-likeness (QED) is 0.655. The van der Waals surface area contributed by atoms with Crippen molar-refractivity contribution in [1.82, 2.24) is 14.8 Å². The van der Waals surface area contributed by atoms with Gasteiger partial charge in [-0.3, -0.25) is 14.8 Å². The molecule has 0 radical (unpaired) electrons. The molecule has 7 nitrogen and oxygen atoms in total. The monoisotopic (exact) mass is 247 g/mol. The number of nitrogens with one attached hydrogen (secondary N) is 1. The van der Waals surface area contributed by atoms with Crippen LogP contribution in [0.4, 0.5) is 11.4 Å². The third-order valence-electron chi connectivity index (χ3n) is 2.66. The van der Waals surface area contributed by atoms with Gasteiger partial charge in [0, 0.05) is 24.9 Å². The molecule has 0 aliphatic carbocycles. The molecular formula is C11H13N5O2. The Labute approximate surface area is 104 Å². The normalized spacial score (nSPS) is 10.3. The average Bonchev–Trinajstić information content (AvgIpc) is 2.73. The molecule has 7 heteroatoms. The van der Waals surface area contributed by atoms with Crippen LogP contribution in [-0.4, -0.2) is 19.7 Å². The van der Waals surface area contributed by atoms with Gasteiger partial charge in [0.1, 0.15) is 12.2 Å². The number of non-ortho nitro benzene ring substituents is 1. The predicted octanol–water partition coefficient (Wildman–Crippen LogP) is 1.64. The van der Waals surface area contributed by atoms with Gasteiger partial charge < -0.3 is 5.32 Å². The summed E-state index contributed by atoms with van der Waals surface area (Å²) in [5.41, 5.74) is 1.77. The van der Waals surface area contributed by atoms with Crippen LogP contribution >= 0.6 is 0 Å². The van der Waals surface area contributed by atoms with Gasteiger partial charge in [-0.2, -0.15) is 5.10 Å². The third kappa shape index (κ3) is 2.45. The van der Waals surface area contributed by atoms with Gasteiger partial charge in [0.2, 0.25) is 0 Å². The molecule has 1 aromatic heterocycles. The van der Waals surface area contributed by atoms with E-state index in [0.717, 1.165) is 17.1 Å². The second-order valence-electron chi connectivity index (χ2n) is 3.91. The number of benzene rings is 1. The standard InChI is InChI=1S/C11H13N5O2/c1-8-5-9(16(17)18)3-4-10(8)12-6-11-13-7-14-15(11)2/h3-5,7,12H,6H2,1-2H3. The highest BCUT2D eigenvalue weighted by atomic mass is 16.6. The average molecular weight is 247 g/mol. The van der Waals surface area contributed by atoms with E-state index < -0.39 is 4.92 Å². The van der Waals surface area contributed by atoms with Gasteiger partial charge in [-0.25, -0.2) is 4.98 Å². The van der Waals surface area contributed by atoms with Crippen LogP contribution in [0.2, 0.25) is 0 Å². The lowest BCUT2D eigenvalue weighted by molar-refractivity contribution is -0.384. The highest BCUT2D eigenvalue weighted by molar-refractivity contribution is 5.55. The minimum atomic E-state index is -0.403. The van der Waals surface area contributed by atoms with Crippen molar-refractivity contribution in [2.24, 2.45) is 7.05 Å². The number of anilines is 1. The zero-order valence-electron chi connectivity index (χ0n) is 10.1. The molecule has 1 N–H and O–H groups in total. The zero-order chi connectivity index (χ0) is 13.1. The van der Waals surface area contributed by atoms with Crippen LogP contribution in [0.1, 0.15) is 11.4 Å². The first-order valence-electron chi connectivity index (χ1n) is 5.39. The molecule has 1 aromatic carbocycles. The van der Waals surface area contributed by atoms with Gasteiger partial charge in [0.05, 0.1) is 11.5 Å². The summed E-state index contributed by atoms with van der Waals surface area (Å²) in [5, 5.41) is 17.8. The molecule has 2 rings (SSSR count). The van der Waals surface area contributed by atoms with Crippen molar-refractivity contribution in [3.63, 3.8) is 0 Å². The SMILES string of the molecule is Cc1cc([N+](=O)[O-])ccc1NCc1ncnn1C. The van der Waals surface area contributed by atoms with E-state index in [-0.39, 0.29) is 5.69 Å². The van der Waals surface area contributed by atoms with Crippen LogP contribution in [-0.2, 0) is 13.6 Å². The molecule has 18 heavy (non-hydrogen) atoms. The zero-order valence-corrected chi connectivity index (χ0v) is 10.1. The van der Waals surface area contributed by atoms with Gasteiger partial charge in [0.15, 0.2) is 0 Å². The lowest BCUT2D eigenvalue weighted by Crippen LogP contribution is -2.07. The molecule has 94 valence electrons. The summed E-state index contributed by atoms with van der Waals surface area (Å²) < 4.78 is 1.67. The first-order chi connectivity index (χ1) is 8.58. The highest BCUT2D eigenvalue weighted by Gasteiger charge is 2.08. The van der Waals surface area contributed by atoms with Crippen molar-refractivity contribution in [1.29, 1.82) is 0 Å². The Hall–Kier alpha value is -2.44. The Bertz CT molecular complexity index is 579. The molecule has 0 spiro atoms. The van der Waals surface area contributed by atoms with Crippen LogP contribution in [0.15, 0.2) is 24.5 Å². The summed E-state index contributed by atoms with van der Waals surface area (Å²) >= 11 is 0. The Morgan fingerprint density at radius 2 is 2.28 bits per heavy atom. The van der Waals surface area contributed by atoms with Crippen molar-refractivity contribution in [3.8, 4) is 0 Å². The fourth-order valence-corrected chi connectivity index (χ4v) is 1.61. The van der Waals surface area contributed by atoms with Crippen LogP contribution < -0.4 is 5.32 Å². The topological polar surface area (TPSA) is 85.9 Å². The minimum Gasteiger partial charge on any atom is -0.378 e. The number of aryl methyl sites for hydroxylation is 2. The van der Waals surface area contributed by atoms with E-state index in [2.05, 4.69) is 15.4 Å². The molecular weight excluding hydrogens is 234 g/mol. The summed E-state index contributed by atoms with van der Waals surface area (Å²) in [6.45, 7) is 2.35. The largest absolute Gasteiger partial charge is 0.378 e. The molecule has 0 saturated heterocycles. The summed E-state index contributed by atoms with van der Waals surface area (Å²) in [6, 6.07) is 4.72. The number of hydrogen-bond donors (Lipinski definition) is 1. The van der Waals surface area contributed by atoms with Gasteiger partial charge >= 0.3 is 0 Å². The summed E-state index contributed by atoms with van der Waals surface area (Å²) in [7, 11) is 1.81. The fourth-order valence-electron chi connectivity index (χ4n) is 1.61. The van der Waals surface area contributed by atoms with Crippen molar-refractivity contribution >= 4 is 11.4 Å². The molecule has 0 saturated carbocycles. The second kappa shape index (κ2) is 4.82. The molecule has 0 aliphatic rings. The van der Waals surface area contributed by atoms with Gasteiger partial charge in [-0.1, -0.05) is 0 Å². The lowest BCUT2D eigenvalue weighted by Gasteiger charge is -2.08. The van der Waals surface area contributed by atoms with Crippen LogP contribution in [0.5, 0.6) is 0 Å². The number of nitro groups is 1. The molecule has 1 heterocycles. The first kappa shape index (κ1) is 12.0. The number of nitrogens with zero attached hydrogens (tertiary/aromatic N) is 4. The molecule has 2 aromatic rings. The molecule has 0 bridgehead atoms. The Kier molecular flexibility index (Phi) is 3.22. The summed E-state index contributed by atoms with van der Waals surface area (Å²) in [5.74, 6) is 0.799. The fraction of sp³-hybridized carbons (Fsp3) is 0.273. The number of aromatic nitrogens is 3. The van der Waals surface area contributed by atoms with Crippen LogP contribution in [0.25, 0.3) is 0 Å². The number of nitro benzene ring substituents is 1. The maximum Gasteiger partial charge on any atom is 0.269 e. The summed E-state index contributed by atoms with van der Waals surface area (Å²) in [6.07, 6.45) is 1.49. The van der Waals surface area contributed by atoms with Gasteiger partial charge in [-0.15, -0.1) is 0 Å². The Morgan fingerprint density at radius 3 is 2.83 bits per heavy atom. The molecule has 0 fully saturated rings. The van der Waals surface area contributed by atoms with Gasteiger partial charge in [0.25, 0.3) is 5.69 Å². The maximum atomic E-state index is 10.6. The van der Waals surface area contributed by atoms with Crippen molar-refractivity contribution in [2.45, 2.75) is 13.5 Å². The predicted molar refractivity (Wildman–Crippen MR) is 66.2 cm³/mol. The van der Waals surface area contributed by atoms with Crippen molar-refractivity contribution in [3.05, 3.63) is 46.0 Å². The van der Waals surface area contributed by atoms with E-state index in [9.17, 15) is 10.1 Å². The van der Waals surface area contributed by atoms with Crippen LogP contribution in [0.3, 0.4) is 0 Å². The smallest absolute Gasteiger partial charge is 0.269 e. The van der Waals surface area contributed by atoms with E-state index in [1.54, 1.807) is 16.8 Å². The third-order valence-corrected chi connectivity index (χ3v) is 2.66. The van der Waals surface area contributed by atoms with E-state index >= 15 is 0 Å². The second-order valence-corrected chi connectivity index (χ2v) is 3.91. The lowest BCUT2D eigenvalue weighted by atomic mass is 10.2. The number of hydrogen-bond acceptors (Lipinski definition) is 5. The maximum absolute atomic E-state index is 10.6. The van der Waals surface area contributed by atoms with Crippen molar-refractivity contribution < 1.29 is 4.92 Å². The van der Waals surface area contributed by atoms with E-state index in [1.165, 1.54) is 12.4 Å².